The number of carbonyl (C=O) groups is 1. The van der Waals surface area contributed by atoms with Crippen molar-refractivity contribution in [2.75, 3.05) is 6.67 Å². The van der Waals surface area contributed by atoms with Crippen LogP contribution in [0, 0.1) is 0 Å². The van der Waals surface area contributed by atoms with Gasteiger partial charge in [0.05, 0.1) is 6.21 Å². The molecule has 13 heavy (non-hydrogen) atoms. The Hall–Kier alpha value is -0.860. The molecule has 0 spiro atoms. The van der Waals surface area contributed by atoms with Crippen molar-refractivity contribution in [3.8, 4) is 0 Å². The van der Waals surface area contributed by atoms with Crippen molar-refractivity contribution in [1.82, 2.24) is 4.90 Å². The lowest BCUT2D eigenvalue weighted by molar-refractivity contribution is -0.127. The fraction of sp³-hybridized carbons (Fsp3) is 0.800. The Balaban J connectivity index is 2.53. The molecule has 1 amide bonds. The molecule has 1 aliphatic heterocycles. The van der Waals surface area contributed by atoms with Crippen molar-refractivity contribution in [2.45, 2.75) is 45.6 Å². The van der Waals surface area contributed by atoms with Gasteiger partial charge in [0.15, 0.2) is 0 Å². The Morgan fingerprint density at radius 2 is 2.31 bits per heavy atom. The van der Waals surface area contributed by atoms with E-state index in [1.807, 2.05) is 4.90 Å². The van der Waals surface area contributed by atoms with Crippen molar-refractivity contribution in [1.29, 1.82) is 0 Å². The average Bonchev–Trinajstić information content (AvgIpc) is 2.48. The zero-order chi connectivity index (χ0) is 9.90. The lowest BCUT2D eigenvalue weighted by atomic mass is 9.95. The molecule has 1 heterocycles. The summed E-state index contributed by atoms with van der Waals surface area (Å²) in [5.74, 6) is 0.0566. The number of unbranched alkanes of at least 4 members (excludes halogenated alkanes) is 1. The van der Waals surface area contributed by atoms with E-state index in [-0.39, 0.29) is 11.4 Å². The van der Waals surface area contributed by atoms with E-state index < -0.39 is 0 Å². The lowest BCUT2D eigenvalue weighted by Gasteiger charge is -2.34. The zero-order valence-corrected chi connectivity index (χ0v) is 8.71. The number of nitrogens with zero attached hydrogens (tertiary/aromatic N) is 2. The van der Waals surface area contributed by atoms with Gasteiger partial charge < -0.3 is 4.90 Å². The maximum Gasteiger partial charge on any atom is 0.266 e. The average molecular weight is 182 g/mol. The van der Waals surface area contributed by atoms with Gasteiger partial charge in [-0.3, -0.25) is 9.79 Å². The van der Waals surface area contributed by atoms with Crippen LogP contribution < -0.4 is 0 Å². The predicted molar refractivity (Wildman–Crippen MR) is 53.8 cm³/mol. The SMILES string of the molecule is CCCCC(C)(C)N1CN=CC1=O. The minimum absolute atomic E-state index is 0.0381. The van der Waals surface area contributed by atoms with Crippen molar-refractivity contribution in [3.63, 3.8) is 0 Å². The highest BCUT2D eigenvalue weighted by Crippen LogP contribution is 2.22. The summed E-state index contributed by atoms with van der Waals surface area (Å²) < 4.78 is 0. The number of hydrogen-bond acceptors (Lipinski definition) is 2. The molecule has 0 N–H and O–H groups in total. The highest BCUT2D eigenvalue weighted by molar-refractivity contribution is 6.27. The van der Waals surface area contributed by atoms with Crippen LogP contribution in [0.4, 0.5) is 0 Å². The molecule has 0 saturated carbocycles. The molecule has 3 heteroatoms. The molecule has 0 bridgehead atoms. The van der Waals surface area contributed by atoms with Crippen LogP contribution in [-0.4, -0.2) is 29.2 Å². The molecule has 0 aromatic rings. The van der Waals surface area contributed by atoms with E-state index in [0.717, 1.165) is 12.8 Å². The van der Waals surface area contributed by atoms with Gasteiger partial charge >= 0.3 is 0 Å². The maximum atomic E-state index is 11.4. The summed E-state index contributed by atoms with van der Waals surface area (Å²) in [5.41, 5.74) is -0.0381. The fourth-order valence-corrected chi connectivity index (χ4v) is 1.57. The molecule has 0 unspecified atom stereocenters. The van der Waals surface area contributed by atoms with E-state index in [4.69, 9.17) is 0 Å². The number of carbonyl (C=O) groups excluding carboxylic acids is 1. The van der Waals surface area contributed by atoms with Crippen molar-refractivity contribution >= 4 is 12.1 Å². The highest BCUT2D eigenvalue weighted by atomic mass is 16.2. The minimum atomic E-state index is -0.0381. The Morgan fingerprint density at radius 1 is 1.62 bits per heavy atom. The second-order valence-corrected chi connectivity index (χ2v) is 4.14. The van der Waals surface area contributed by atoms with Gasteiger partial charge in [-0.05, 0) is 20.3 Å². The molecular formula is C10H18N2O. The molecule has 0 aliphatic carbocycles. The van der Waals surface area contributed by atoms with E-state index in [0.29, 0.717) is 6.67 Å². The molecule has 0 saturated heterocycles. The number of aliphatic imine (C=N–C) groups is 1. The summed E-state index contributed by atoms with van der Waals surface area (Å²) in [7, 11) is 0. The van der Waals surface area contributed by atoms with Crippen LogP contribution in [0.1, 0.15) is 40.0 Å². The van der Waals surface area contributed by atoms with Crippen LogP contribution in [-0.2, 0) is 4.79 Å². The quantitative estimate of drug-likeness (QED) is 0.652. The minimum Gasteiger partial charge on any atom is -0.313 e. The van der Waals surface area contributed by atoms with Crippen molar-refractivity contribution < 1.29 is 4.79 Å². The summed E-state index contributed by atoms with van der Waals surface area (Å²) in [4.78, 5) is 17.2. The molecule has 0 atom stereocenters. The van der Waals surface area contributed by atoms with E-state index in [9.17, 15) is 4.79 Å². The standard InChI is InChI=1S/C10H18N2O/c1-4-5-6-10(2,3)12-8-11-7-9(12)13/h7H,4-6,8H2,1-3H3. The molecule has 0 aromatic carbocycles. The number of rotatable bonds is 4. The molecule has 74 valence electrons. The monoisotopic (exact) mass is 182 g/mol. The number of hydrogen-bond donors (Lipinski definition) is 0. The van der Waals surface area contributed by atoms with Gasteiger partial charge in [0, 0.05) is 5.54 Å². The van der Waals surface area contributed by atoms with Crippen LogP contribution >= 0.6 is 0 Å². The topological polar surface area (TPSA) is 32.7 Å². The van der Waals surface area contributed by atoms with Crippen molar-refractivity contribution in [2.24, 2.45) is 4.99 Å². The predicted octanol–water partition coefficient (Wildman–Crippen LogP) is 1.83. The molecule has 0 aromatic heterocycles. The lowest BCUT2D eigenvalue weighted by Crippen LogP contribution is -2.45. The Bertz CT molecular complexity index is 221. The summed E-state index contributed by atoms with van der Waals surface area (Å²) in [6, 6.07) is 0. The largest absolute Gasteiger partial charge is 0.313 e. The van der Waals surface area contributed by atoms with Gasteiger partial charge in [0.1, 0.15) is 6.67 Å². The first-order chi connectivity index (χ1) is 6.08. The zero-order valence-electron chi connectivity index (χ0n) is 8.71. The van der Waals surface area contributed by atoms with Crippen LogP contribution in [0.5, 0.6) is 0 Å². The van der Waals surface area contributed by atoms with Gasteiger partial charge in [0.25, 0.3) is 5.91 Å². The van der Waals surface area contributed by atoms with Crippen LogP contribution in [0.25, 0.3) is 0 Å². The smallest absolute Gasteiger partial charge is 0.266 e. The molecule has 0 fully saturated rings. The fourth-order valence-electron chi connectivity index (χ4n) is 1.57. The van der Waals surface area contributed by atoms with Gasteiger partial charge in [-0.2, -0.15) is 0 Å². The third-order valence-corrected chi connectivity index (χ3v) is 2.56. The summed E-state index contributed by atoms with van der Waals surface area (Å²) in [6.45, 7) is 6.92. The van der Waals surface area contributed by atoms with E-state index in [1.54, 1.807) is 0 Å². The van der Waals surface area contributed by atoms with Gasteiger partial charge in [-0.1, -0.05) is 19.8 Å². The first kappa shape index (κ1) is 10.2. The van der Waals surface area contributed by atoms with Crippen LogP contribution in [0.15, 0.2) is 4.99 Å². The normalized spacial score (nSPS) is 17.2. The van der Waals surface area contributed by atoms with Crippen LogP contribution in [0.2, 0.25) is 0 Å². The van der Waals surface area contributed by atoms with Gasteiger partial charge in [-0.25, -0.2) is 0 Å². The molecule has 0 radical (unpaired) electrons. The van der Waals surface area contributed by atoms with E-state index in [1.165, 1.54) is 12.6 Å². The second kappa shape index (κ2) is 3.90. The van der Waals surface area contributed by atoms with Gasteiger partial charge in [0.2, 0.25) is 0 Å². The Labute approximate surface area is 79.8 Å². The molecule has 1 aliphatic rings. The van der Waals surface area contributed by atoms with Crippen molar-refractivity contribution in [3.05, 3.63) is 0 Å². The summed E-state index contributed by atoms with van der Waals surface area (Å²) in [5, 5.41) is 0. The first-order valence-corrected chi connectivity index (χ1v) is 4.89. The Kier molecular flexibility index (Phi) is 3.07. The van der Waals surface area contributed by atoms with Crippen LogP contribution in [0.3, 0.4) is 0 Å². The maximum absolute atomic E-state index is 11.4. The second-order valence-electron chi connectivity index (χ2n) is 4.14. The highest BCUT2D eigenvalue weighted by Gasteiger charge is 2.31. The molecule has 1 rings (SSSR count). The Morgan fingerprint density at radius 3 is 2.77 bits per heavy atom. The molecular weight excluding hydrogens is 164 g/mol. The molecule has 3 nitrogen and oxygen atoms in total. The third-order valence-electron chi connectivity index (χ3n) is 2.56. The van der Waals surface area contributed by atoms with E-state index in [2.05, 4.69) is 25.8 Å². The summed E-state index contributed by atoms with van der Waals surface area (Å²) >= 11 is 0. The first-order valence-electron chi connectivity index (χ1n) is 4.89. The van der Waals surface area contributed by atoms with E-state index >= 15 is 0 Å². The third kappa shape index (κ3) is 2.29. The summed E-state index contributed by atoms with van der Waals surface area (Å²) in [6.07, 6.45) is 4.81. The van der Waals surface area contributed by atoms with Gasteiger partial charge in [-0.15, -0.1) is 0 Å². The number of amides is 1.